The van der Waals surface area contributed by atoms with Gasteiger partial charge in [-0.15, -0.1) is 0 Å². The monoisotopic (exact) mass is 199 g/mol. The fourth-order valence-electron chi connectivity index (χ4n) is 2.57. The van der Waals surface area contributed by atoms with Crippen LogP contribution < -0.4 is 5.32 Å². The zero-order chi connectivity index (χ0) is 10.2. The number of ether oxygens (including phenoxy) is 1. The lowest BCUT2D eigenvalue weighted by Crippen LogP contribution is -2.26. The van der Waals surface area contributed by atoms with E-state index in [1.54, 1.807) is 0 Å². The van der Waals surface area contributed by atoms with E-state index < -0.39 is 0 Å². The van der Waals surface area contributed by atoms with Crippen molar-refractivity contribution >= 4 is 0 Å². The van der Waals surface area contributed by atoms with Gasteiger partial charge >= 0.3 is 0 Å². The molecule has 0 radical (unpaired) electrons. The van der Waals surface area contributed by atoms with Crippen molar-refractivity contribution in [1.29, 1.82) is 0 Å². The van der Waals surface area contributed by atoms with E-state index in [1.165, 1.54) is 32.1 Å². The highest BCUT2D eigenvalue weighted by molar-refractivity contribution is 4.76. The maximum absolute atomic E-state index is 5.44. The molecule has 0 heterocycles. The van der Waals surface area contributed by atoms with Gasteiger partial charge in [0, 0.05) is 13.2 Å². The Morgan fingerprint density at radius 3 is 2.64 bits per heavy atom. The summed E-state index contributed by atoms with van der Waals surface area (Å²) in [4.78, 5) is 0. The summed E-state index contributed by atoms with van der Waals surface area (Å²) >= 11 is 0. The first-order valence-corrected chi connectivity index (χ1v) is 6.10. The largest absolute Gasteiger partial charge is 0.382 e. The first-order chi connectivity index (χ1) is 6.88. The molecule has 1 fully saturated rings. The standard InChI is InChI=1S/C12H25NO/c1-3-14-9-8-12(10-13-2)11-6-4-5-7-11/h11-13H,3-10H2,1-2H3. The average molecular weight is 199 g/mol. The van der Waals surface area contributed by atoms with Crippen LogP contribution in [0.5, 0.6) is 0 Å². The fourth-order valence-corrected chi connectivity index (χ4v) is 2.57. The second kappa shape index (κ2) is 7.24. The maximum Gasteiger partial charge on any atom is 0.0469 e. The molecule has 1 unspecified atom stereocenters. The van der Waals surface area contributed by atoms with Crippen molar-refractivity contribution < 1.29 is 4.74 Å². The molecule has 2 heteroatoms. The predicted molar refractivity (Wildman–Crippen MR) is 60.5 cm³/mol. The minimum atomic E-state index is 0.842. The van der Waals surface area contributed by atoms with Gasteiger partial charge in [-0.2, -0.15) is 0 Å². The first-order valence-electron chi connectivity index (χ1n) is 6.10. The zero-order valence-electron chi connectivity index (χ0n) is 9.72. The molecule has 14 heavy (non-hydrogen) atoms. The molecule has 1 rings (SSSR count). The van der Waals surface area contributed by atoms with E-state index in [4.69, 9.17) is 4.74 Å². The van der Waals surface area contributed by atoms with Gasteiger partial charge in [-0.25, -0.2) is 0 Å². The molecule has 0 saturated heterocycles. The SMILES string of the molecule is CCOCCC(CNC)C1CCCC1. The van der Waals surface area contributed by atoms with Crippen molar-refractivity contribution in [1.82, 2.24) is 5.32 Å². The van der Waals surface area contributed by atoms with Gasteiger partial charge in [0.2, 0.25) is 0 Å². The van der Waals surface area contributed by atoms with Crippen LogP contribution in [0.4, 0.5) is 0 Å². The molecule has 1 aliphatic carbocycles. The molecule has 0 spiro atoms. The smallest absolute Gasteiger partial charge is 0.0469 e. The lowest BCUT2D eigenvalue weighted by molar-refractivity contribution is 0.121. The number of rotatable bonds is 7. The highest BCUT2D eigenvalue weighted by Crippen LogP contribution is 2.32. The van der Waals surface area contributed by atoms with Gasteiger partial charge in [-0.3, -0.25) is 0 Å². The molecule has 0 aliphatic heterocycles. The van der Waals surface area contributed by atoms with Crippen LogP contribution in [-0.2, 0) is 4.74 Å². The van der Waals surface area contributed by atoms with Crippen LogP contribution in [0.2, 0.25) is 0 Å². The van der Waals surface area contributed by atoms with Crippen LogP contribution in [0.3, 0.4) is 0 Å². The van der Waals surface area contributed by atoms with E-state index in [-0.39, 0.29) is 0 Å². The Balaban J connectivity index is 2.22. The minimum Gasteiger partial charge on any atom is -0.382 e. The van der Waals surface area contributed by atoms with Gasteiger partial charge in [0.25, 0.3) is 0 Å². The Morgan fingerprint density at radius 2 is 2.07 bits per heavy atom. The first kappa shape index (κ1) is 12.0. The maximum atomic E-state index is 5.44. The quantitative estimate of drug-likeness (QED) is 0.636. The average Bonchev–Trinajstić information content (AvgIpc) is 2.70. The third-order valence-corrected chi connectivity index (χ3v) is 3.37. The molecule has 1 N–H and O–H groups in total. The second-order valence-corrected chi connectivity index (χ2v) is 4.35. The van der Waals surface area contributed by atoms with Crippen molar-refractivity contribution in [3.8, 4) is 0 Å². The molecule has 1 atom stereocenters. The van der Waals surface area contributed by atoms with Crippen LogP contribution in [0, 0.1) is 11.8 Å². The number of hydrogen-bond acceptors (Lipinski definition) is 2. The van der Waals surface area contributed by atoms with E-state index >= 15 is 0 Å². The predicted octanol–water partition coefficient (Wildman–Crippen LogP) is 2.44. The van der Waals surface area contributed by atoms with Crippen molar-refractivity contribution in [3.63, 3.8) is 0 Å². The van der Waals surface area contributed by atoms with Gasteiger partial charge in [0.15, 0.2) is 0 Å². The van der Waals surface area contributed by atoms with Crippen molar-refractivity contribution in [3.05, 3.63) is 0 Å². The zero-order valence-corrected chi connectivity index (χ0v) is 9.72. The van der Waals surface area contributed by atoms with E-state index in [9.17, 15) is 0 Å². The summed E-state index contributed by atoms with van der Waals surface area (Å²) in [6.07, 6.45) is 7.01. The van der Waals surface area contributed by atoms with E-state index in [0.29, 0.717) is 0 Å². The van der Waals surface area contributed by atoms with Crippen LogP contribution in [0.15, 0.2) is 0 Å². The Bertz CT molecular complexity index is 132. The summed E-state index contributed by atoms with van der Waals surface area (Å²) in [5.41, 5.74) is 0. The van der Waals surface area contributed by atoms with Crippen LogP contribution in [-0.4, -0.2) is 26.8 Å². The Labute approximate surface area is 88.4 Å². The van der Waals surface area contributed by atoms with Crippen molar-refractivity contribution in [2.75, 3.05) is 26.8 Å². The summed E-state index contributed by atoms with van der Waals surface area (Å²) in [7, 11) is 2.06. The van der Waals surface area contributed by atoms with Crippen LogP contribution in [0.1, 0.15) is 39.0 Å². The molecule has 2 nitrogen and oxygen atoms in total. The van der Waals surface area contributed by atoms with Gasteiger partial charge in [-0.1, -0.05) is 25.7 Å². The molecule has 1 saturated carbocycles. The fraction of sp³-hybridized carbons (Fsp3) is 1.00. The lowest BCUT2D eigenvalue weighted by Gasteiger charge is -2.22. The topological polar surface area (TPSA) is 21.3 Å². The number of nitrogens with one attached hydrogen (secondary N) is 1. The Kier molecular flexibility index (Phi) is 6.20. The molecule has 0 aromatic carbocycles. The highest BCUT2D eigenvalue weighted by atomic mass is 16.5. The van der Waals surface area contributed by atoms with E-state index in [0.717, 1.165) is 31.6 Å². The van der Waals surface area contributed by atoms with Gasteiger partial charge in [0.05, 0.1) is 0 Å². The Hall–Kier alpha value is -0.0800. The summed E-state index contributed by atoms with van der Waals surface area (Å²) in [5, 5.41) is 3.32. The molecule has 0 aromatic rings. The summed E-state index contributed by atoms with van der Waals surface area (Å²) < 4.78 is 5.44. The molecule has 84 valence electrons. The third-order valence-electron chi connectivity index (χ3n) is 3.37. The van der Waals surface area contributed by atoms with Gasteiger partial charge in [0.1, 0.15) is 0 Å². The molecule has 1 aliphatic rings. The van der Waals surface area contributed by atoms with Crippen LogP contribution >= 0.6 is 0 Å². The molecular weight excluding hydrogens is 174 g/mol. The minimum absolute atomic E-state index is 0.842. The Morgan fingerprint density at radius 1 is 1.36 bits per heavy atom. The van der Waals surface area contributed by atoms with Gasteiger partial charge in [-0.05, 0) is 38.8 Å². The molecule has 0 amide bonds. The van der Waals surface area contributed by atoms with Crippen molar-refractivity contribution in [2.45, 2.75) is 39.0 Å². The molecule has 0 aromatic heterocycles. The van der Waals surface area contributed by atoms with E-state index in [2.05, 4.69) is 19.3 Å². The summed E-state index contributed by atoms with van der Waals surface area (Å²) in [5.74, 6) is 1.80. The van der Waals surface area contributed by atoms with Crippen molar-refractivity contribution in [2.24, 2.45) is 11.8 Å². The number of hydrogen-bond donors (Lipinski definition) is 1. The van der Waals surface area contributed by atoms with Gasteiger partial charge < -0.3 is 10.1 Å². The normalized spacial score (nSPS) is 20.1. The second-order valence-electron chi connectivity index (χ2n) is 4.35. The highest BCUT2D eigenvalue weighted by Gasteiger charge is 2.23. The summed E-state index contributed by atoms with van der Waals surface area (Å²) in [6, 6.07) is 0. The molecule has 0 bridgehead atoms. The van der Waals surface area contributed by atoms with E-state index in [1.807, 2.05) is 0 Å². The summed E-state index contributed by atoms with van der Waals surface area (Å²) in [6.45, 7) is 5.04. The molecular formula is C12H25NO. The third kappa shape index (κ3) is 3.97. The van der Waals surface area contributed by atoms with Crippen LogP contribution in [0.25, 0.3) is 0 Å². The lowest BCUT2D eigenvalue weighted by atomic mass is 9.88.